The molecular weight excluding hydrogens is 384 g/mol. The Labute approximate surface area is 162 Å². The summed E-state index contributed by atoms with van der Waals surface area (Å²) in [4.78, 5) is 35.8. The molecule has 0 saturated carbocycles. The third-order valence-electron chi connectivity index (χ3n) is 3.60. The van der Waals surface area contributed by atoms with E-state index < -0.39 is 28.3 Å². The quantitative estimate of drug-likeness (QED) is 0.677. The van der Waals surface area contributed by atoms with Gasteiger partial charge in [0.05, 0.1) is 10.5 Å². The van der Waals surface area contributed by atoms with Crippen LogP contribution in [0.15, 0.2) is 53.4 Å². The summed E-state index contributed by atoms with van der Waals surface area (Å²) in [7, 11) is -3.36. The molecule has 0 aliphatic heterocycles. The second-order valence-corrected chi connectivity index (χ2v) is 7.88. The maximum atomic E-state index is 12.0. The van der Waals surface area contributed by atoms with Crippen LogP contribution in [-0.4, -0.2) is 45.6 Å². The number of rotatable bonds is 7. The van der Waals surface area contributed by atoms with Crippen LogP contribution in [0.2, 0.25) is 0 Å². The first-order chi connectivity index (χ1) is 13.2. The van der Waals surface area contributed by atoms with Gasteiger partial charge in [-0.1, -0.05) is 6.07 Å². The predicted molar refractivity (Wildman–Crippen MR) is 103 cm³/mol. The van der Waals surface area contributed by atoms with Crippen LogP contribution in [-0.2, 0) is 19.4 Å². The SMILES string of the molecule is CCNC(=O)c1cccc(NC(=O)COC(=O)c2ccc(S(C)(=O)=O)cc2)c1. The van der Waals surface area contributed by atoms with Gasteiger partial charge in [0.2, 0.25) is 0 Å². The number of anilines is 1. The average molecular weight is 404 g/mol. The highest BCUT2D eigenvalue weighted by Crippen LogP contribution is 2.12. The molecule has 2 aromatic carbocycles. The van der Waals surface area contributed by atoms with Gasteiger partial charge >= 0.3 is 5.97 Å². The number of carbonyl (C=O) groups is 3. The van der Waals surface area contributed by atoms with E-state index in [9.17, 15) is 22.8 Å². The zero-order valence-electron chi connectivity index (χ0n) is 15.4. The maximum absolute atomic E-state index is 12.0. The van der Waals surface area contributed by atoms with Crippen molar-refractivity contribution < 1.29 is 27.5 Å². The highest BCUT2D eigenvalue weighted by molar-refractivity contribution is 7.90. The molecule has 28 heavy (non-hydrogen) atoms. The standard InChI is InChI=1S/C19H20N2O6S/c1-3-20-18(23)14-5-4-6-15(11-14)21-17(22)12-27-19(24)13-7-9-16(10-8-13)28(2,25)26/h4-11H,3,12H2,1-2H3,(H,20,23)(H,21,22). The molecule has 2 aromatic rings. The Bertz CT molecular complexity index is 984. The Balaban J connectivity index is 1.92. The Kier molecular flexibility index (Phi) is 6.89. The van der Waals surface area contributed by atoms with Gasteiger partial charge in [0.25, 0.3) is 11.8 Å². The van der Waals surface area contributed by atoms with E-state index in [1.54, 1.807) is 25.1 Å². The molecule has 0 aliphatic carbocycles. The van der Waals surface area contributed by atoms with Crippen molar-refractivity contribution in [3.8, 4) is 0 Å². The van der Waals surface area contributed by atoms with Gasteiger partial charge in [-0.15, -0.1) is 0 Å². The lowest BCUT2D eigenvalue weighted by Gasteiger charge is -2.08. The molecule has 2 rings (SSSR count). The molecule has 0 aromatic heterocycles. The van der Waals surface area contributed by atoms with Crippen molar-refractivity contribution in [1.82, 2.24) is 5.32 Å². The van der Waals surface area contributed by atoms with E-state index in [1.165, 1.54) is 30.3 Å². The molecule has 0 bridgehead atoms. The van der Waals surface area contributed by atoms with Crippen molar-refractivity contribution in [2.24, 2.45) is 0 Å². The van der Waals surface area contributed by atoms with E-state index in [-0.39, 0.29) is 16.4 Å². The summed E-state index contributed by atoms with van der Waals surface area (Å²) in [6.07, 6.45) is 1.06. The first-order valence-corrected chi connectivity index (χ1v) is 10.2. The zero-order chi connectivity index (χ0) is 20.7. The first-order valence-electron chi connectivity index (χ1n) is 8.36. The van der Waals surface area contributed by atoms with Crippen molar-refractivity contribution in [1.29, 1.82) is 0 Å². The summed E-state index contributed by atoms with van der Waals surface area (Å²) in [5, 5.41) is 5.19. The van der Waals surface area contributed by atoms with Gasteiger partial charge in [-0.2, -0.15) is 0 Å². The first kappa shape index (κ1) is 21.1. The molecule has 0 heterocycles. The van der Waals surface area contributed by atoms with Crippen molar-refractivity contribution in [2.45, 2.75) is 11.8 Å². The minimum Gasteiger partial charge on any atom is -0.452 e. The van der Waals surface area contributed by atoms with E-state index in [4.69, 9.17) is 4.74 Å². The van der Waals surface area contributed by atoms with Crippen molar-refractivity contribution in [2.75, 3.05) is 24.7 Å². The largest absolute Gasteiger partial charge is 0.452 e. The lowest BCUT2D eigenvalue weighted by atomic mass is 10.2. The fourth-order valence-corrected chi connectivity index (χ4v) is 2.88. The molecule has 0 unspecified atom stereocenters. The van der Waals surface area contributed by atoms with Crippen molar-refractivity contribution in [3.05, 3.63) is 59.7 Å². The molecule has 0 radical (unpaired) electrons. The number of hydrogen-bond donors (Lipinski definition) is 2. The Morgan fingerprint density at radius 1 is 1.00 bits per heavy atom. The molecule has 2 N–H and O–H groups in total. The van der Waals surface area contributed by atoms with Crippen LogP contribution in [0.3, 0.4) is 0 Å². The van der Waals surface area contributed by atoms with Crippen LogP contribution in [0, 0.1) is 0 Å². The molecule has 0 aliphatic rings. The molecule has 0 saturated heterocycles. The lowest BCUT2D eigenvalue weighted by molar-refractivity contribution is -0.119. The second-order valence-electron chi connectivity index (χ2n) is 5.86. The van der Waals surface area contributed by atoms with Crippen LogP contribution < -0.4 is 10.6 Å². The van der Waals surface area contributed by atoms with Gasteiger partial charge in [0.1, 0.15) is 0 Å². The van der Waals surface area contributed by atoms with Crippen LogP contribution in [0.5, 0.6) is 0 Å². The minimum atomic E-state index is -3.36. The van der Waals surface area contributed by atoms with E-state index in [2.05, 4.69) is 10.6 Å². The maximum Gasteiger partial charge on any atom is 0.338 e. The van der Waals surface area contributed by atoms with Gasteiger partial charge in [-0.25, -0.2) is 13.2 Å². The molecular formula is C19H20N2O6S. The van der Waals surface area contributed by atoms with Gasteiger partial charge in [-0.3, -0.25) is 9.59 Å². The number of esters is 1. The molecule has 0 fully saturated rings. The molecule has 2 amide bonds. The smallest absolute Gasteiger partial charge is 0.338 e. The summed E-state index contributed by atoms with van der Waals surface area (Å²) in [6.45, 7) is 1.75. The van der Waals surface area contributed by atoms with Gasteiger partial charge < -0.3 is 15.4 Å². The number of sulfone groups is 1. The normalized spacial score (nSPS) is 10.8. The van der Waals surface area contributed by atoms with E-state index in [0.29, 0.717) is 17.8 Å². The summed E-state index contributed by atoms with van der Waals surface area (Å²) in [5.41, 5.74) is 0.906. The number of hydrogen-bond acceptors (Lipinski definition) is 6. The topological polar surface area (TPSA) is 119 Å². The molecule has 9 heteroatoms. The molecule has 8 nitrogen and oxygen atoms in total. The summed E-state index contributed by atoms with van der Waals surface area (Å²) in [5.74, 6) is -1.59. The second kappa shape index (κ2) is 9.14. The zero-order valence-corrected chi connectivity index (χ0v) is 16.2. The third kappa shape index (κ3) is 5.92. The van der Waals surface area contributed by atoms with Crippen LogP contribution >= 0.6 is 0 Å². The van der Waals surface area contributed by atoms with E-state index in [1.807, 2.05) is 0 Å². The molecule has 148 valence electrons. The predicted octanol–water partition coefficient (Wildman–Crippen LogP) is 1.64. The van der Waals surface area contributed by atoms with Gasteiger partial charge in [0, 0.05) is 24.1 Å². The van der Waals surface area contributed by atoms with Crippen LogP contribution in [0.4, 0.5) is 5.69 Å². The van der Waals surface area contributed by atoms with Crippen LogP contribution in [0.1, 0.15) is 27.6 Å². The third-order valence-corrected chi connectivity index (χ3v) is 4.73. The Morgan fingerprint density at radius 3 is 2.29 bits per heavy atom. The number of ether oxygens (including phenoxy) is 1. The van der Waals surface area contributed by atoms with Gasteiger partial charge in [-0.05, 0) is 49.4 Å². The number of carbonyl (C=O) groups excluding carboxylic acids is 3. The van der Waals surface area contributed by atoms with Gasteiger partial charge in [0.15, 0.2) is 16.4 Å². The summed E-state index contributed by atoms with van der Waals surface area (Å²) >= 11 is 0. The highest BCUT2D eigenvalue weighted by atomic mass is 32.2. The van der Waals surface area contributed by atoms with E-state index >= 15 is 0 Å². The fourth-order valence-electron chi connectivity index (χ4n) is 2.25. The highest BCUT2D eigenvalue weighted by Gasteiger charge is 2.13. The van der Waals surface area contributed by atoms with Crippen molar-refractivity contribution in [3.63, 3.8) is 0 Å². The molecule has 0 atom stereocenters. The van der Waals surface area contributed by atoms with E-state index in [0.717, 1.165) is 6.26 Å². The lowest BCUT2D eigenvalue weighted by Crippen LogP contribution is -2.23. The fraction of sp³-hybridized carbons (Fsp3) is 0.211. The minimum absolute atomic E-state index is 0.0776. The Morgan fingerprint density at radius 2 is 1.68 bits per heavy atom. The van der Waals surface area contributed by atoms with Crippen molar-refractivity contribution >= 4 is 33.3 Å². The number of nitrogens with one attached hydrogen (secondary N) is 2. The Hall–Kier alpha value is -3.20. The van der Waals surface area contributed by atoms with Crippen LogP contribution in [0.25, 0.3) is 0 Å². The summed E-state index contributed by atoms with van der Waals surface area (Å²) in [6, 6.07) is 11.5. The average Bonchev–Trinajstić information content (AvgIpc) is 2.66. The molecule has 0 spiro atoms. The summed E-state index contributed by atoms with van der Waals surface area (Å²) < 4.78 is 27.7. The monoisotopic (exact) mass is 404 g/mol. The number of benzene rings is 2. The number of amides is 2.